The van der Waals surface area contributed by atoms with Crippen molar-refractivity contribution in [1.82, 2.24) is 10.2 Å². The van der Waals surface area contributed by atoms with Crippen LogP contribution >= 0.6 is 27.5 Å². The molecule has 7 nitrogen and oxygen atoms in total. The maximum absolute atomic E-state index is 14.1. The quantitative estimate of drug-likeness (QED) is 0.270. The zero-order chi connectivity index (χ0) is 29.6. The van der Waals surface area contributed by atoms with E-state index in [4.69, 9.17) is 11.6 Å². The highest BCUT2D eigenvalue weighted by atomic mass is 79.9. The maximum atomic E-state index is 14.1. The number of benzene rings is 3. The Balaban J connectivity index is 1.70. The van der Waals surface area contributed by atoms with Gasteiger partial charge in [-0.3, -0.25) is 13.9 Å². The molecule has 3 aromatic carbocycles. The van der Waals surface area contributed by atoms with Crippen LogP contribution in [0.4, 0.5) is 5.69 Å². The second-order valence-electron chi connectivity index (χ2n) is 10.4. The van der Waals surface area contributed by atoms with Gasteiger partial charge in [0.05, 0.1) is 10.6 Å². The van der Waals surface area contributed by atoms with Crippen LogP contribution in [0.5, 0.6) is 0 Å². The molecule has 0 aliphatic heterocycles. The van der Waals surface area contributed by atoms with E-state index in [1.807, 2.05) is 24.3 Å². The van der Waals surface area contributed by atoms with Crippen LogP contribution in [0.2, 0.25) is 5.02 Å². The lowest BCUT2D eigenvalue weighted by Gasteiger charge is -2.33. The Hall–Kier alpha value is -2.88. The van der Waals surface area contributed by atoms with Crippen LogP contribution in [0, 0.1) is 6.92 Å². The van der Waals surface area contributed by atoms with Gasteiger partial charge >= 0.3 is 0 Å². The molecule has 0 aromatic heterocycles. The van der Waals surface area contributed by atoms with Crippen molar-refractivity contribution in [3.63, 3.8) is 0 Å². The minimum absolute atomic E-state index is 0.0498. The van der Waals surface area contributed by atoms with Gasteiger partial charge < -0.3 is 10.2 Å². The smallest absolute Gasteiger partial charge is 0.264 e. The minimum atomic E-state index is -4.15. The second-order valence-corrected chi connectivity index (χ2v) is 13.6. The Morgan fingerprint density at radius 2 is 1.71 bits per heavy atom. The average molecular weight is 661 g/mol. The first kappa shape index (κ1) is 31.1. The van der Waals surface area contributed by atoms with E-state index < -0.39 is 28.5 Å². The van der Waals surface area contributed by atoms with Crippen molar-refractivity contribution in [3.05, 3.63) is 93.4 Å². The topological polar surface area (TPSA) is 86.8 Å². The number of amides is 2. The molecule has 1 unspecified atom stereocenters. The number of hydrogen-bond donors (Lipinski definition) is 1. The Bertz CT molecular complexity index is 1480. The fraction of sp³-hybridized carbons (Fsp3) is 0.355. The SMILES string of the molecule is Cc1ccc(Cl)cc1N(CC(=O)N(Cc1cccc(Br)c1)C(C)C(=O)NC1CCCCC1)S(=O)(=O)c1ccccc1. The molecule has 10 heteroatoms. The van der Waals surface area contributed by atoms with Crippen molar-refractivity contribution < 1.29 is 18.0 Å². The molecule has 1 N–H and O–H groups in total. The van der Waals surface area contributed by atoms with Gasteiger partial charge in [0.2, 0.25) is 11.8 Å². The molecule has 0 saturated heterocycles. The lowest BCUT2D eigenvalue weighted by Crippen LogP contribution is -2.53. The average Bonchev–Trinajstić information content (AvgIpc) is 2.96. The number of sulfonamides is 1. The Kier molecular flexibility index (Phi) is 10.5. The largest absolute Gasteiger partial charge is 0.352 e. The van der Waals surface area contributed by atoms with Gasteiger partial charge in [-0.25, -0.2) is 8.42 Å². The van der Waals surface area contributed by atoms with Gasteiger partial charge in [0.15, 0.2) is 0 Å². The molecule has 1 saturated carbocycles. The summed E-state index contributed by atoms with van der Waals surface area (Å²) in [5, 5.41) is 3.46. The van der Waals surface area contributed by atoms with Crippen molar-refractivity contribution in [1.29, 1.82) is 0 Å². The minimum Gasteiger partial charge on any atom is -0.352 e. The predicted molar refractivity (Wildman–Crippen MR) is 166 cm³/mol. The first-order valence-corrected chi connectivity index (χ1v) is 16.4. The van der Waals surface area contributed by atoms with Crippen molar-refractivity contribution >= 4 is 55.1 Å². The highest BCUT2D eigenvalue weighted by molar-refractivity contribution is 9.10. The molecule has 41 heavy (non-hydrogen) atoms. The molecule has 1 fully saturated rings. The lowest BCUT2D eigenvalue weighted by molar-refractivity contribution is -0.139. The highest BCUT2D eigenvalue weighted by Crippen LogP contribution is 2.30. The summed E-state index contributed by atoms with van der Waals surface area (Å²) < 4.78 is 29.8. The summed E-state index contributed by atoms with van der Waals surface area (Å²) >= 11 is 9.76. The van der Waals surface area contributed by atoms with Gasteiger partial charge in [-0.15, -0.1) is 0 Å². The molecule has 1 aliphatic rings. The van der Waals surface area contributed by atoms with Crippen LogP contribution in [0.3, 0.4) is 0 Å². The van der Waals surface area contributed by atoms with Crippen LogP contribution in [0.25, 0.3) is 0 Å². The van der Waals surface area contributed by atoms with E-state index >= 15 is 0 Å². The van der Waals surface area contributed by atoms with Crippen LogP contribution in [-0.2, 0) is 26.2 Å². The first-order valence-electron chi connectivity index (χ1n) is 13.7. The van der Waals surface area contributed by atoms with Crippen LogP contribution in [0.15, 0.2) is 82.2 Å². The van der Waals surface area contributed by atoms with Crippen LogP contribution in [-0.4, -0.2) is 43.8 Å². The van der Waals surface area contributed by atoms with Crippen LogP contribution in [0.1, 0.15) is 50.2 Å². The van der Waals surface area contributed by atoms with Gasteiger partial charge in [-0.2, -0.15) is 0 Å². The van der Waals surface area contributed by atoms with Gasteiger partial charge in [0.25, 0.3) is 10.0 Å². The van der Waals surface area contributed by atoms with E-state index in [1.165, 1.54) is 17.0 Å². The fourth-order valence-electron chi connectivity index (χ4n) is 5.07. The summed E-state index contributed by atoms with van der Waals surface area (Å²) in [7, 11) is -4.15. The summed E-state index contributed by atoms with van der Waals surface area (Å²) in [6, 6.07) is 19.7. The van der Waals surface area contributed by atoms with E-state index in [9.17, 15) is 18.0 Å². The van der Waals surface area contributed by atoms with Gasteiger partial charge in [0.1, 0.15) is 12.6 Å². The zero-order valence-corrected chi connectivity index (χ0v) is 26.4. The molecule has 1 aliphatic carbocycles. The van der Waals surface area contributed by atoms with Crippen molar-refractivity contribution in [2.45, 2.75) is 69.5 Å². The van der Waals surface area contributed by atoms with Crippen molar-refractivity contribution in [2.24, 2.45) is 0 Å². The Labute approximate surface area is 256 Å². The Morgan fingerprint density at radius 3 is 2.39 bits per heavy atom. The summed E-state index contributed by atoms with van der Waals surface area (Å²) in [4.78, 5) is 29.0. The van der Waals surface area contributed by atoms with Gasteiger partial charge in [-0.1, -0.05) is 83.2 Å². The molecule has 1 atom stereocenters. The monoisotopic (exact) mass is 659 g/mol. The van der Waals surface area contributed by atoms with Crippen molar-refractivity contribution in [3.8, 4) is 0 Å². The van der Waals surface area contributed by atoms with E-state index in [2.05, 4.69) is 21.2 Å². The Morgan fingerprint density at radius 1 is 1.00 bits per heavy atom. The molecular formula is C31H35BrClN3O4S. The number of carbonyl (C=O) groups is 2. The normalized spacial score (nSPS) is 14.7. The lowest BCUT2D eigenvalue weighted by atomic mass is 9.95. The fourth-order valence-corrected chi connectivity index (χ4v) is 7.17. The highest BCUT2D eigenvalue weighted by Gasteiger charge is 2.33. The number of rotatable bonds is 10. The summed E-state index contributed by atoms with van der Waals surface area (Å²) in [6.07, 6.45) is 5.10. The maximum Gasteiger partial charge on any atom is 0.264 e. The zero-order valence-electron chi connectivity index (χ0n) is 23.2. The van der Waals surface area contributed by atoms with E-state index in [0.717, 1.165) is 46.4 Å². The molecule has 2 amide bonds. The molecule has 0 heterocycles. The number of anilines is 1. The molecular weight excluding hydrogens is 626 g/mol. The van der Waals surface area contributed by atoms with Crippen molar-refractivity contribution in [2.75, 3.05) is 10.8 Å². The number of aryl methyl sites for hydroxylation is 1. The van der Waals surface area contributed by atoms with Gasteiger partial charge in [0, 0.05) is 22.1 Å². The third-order valence-electron chi connectivity index (χ3n) is 7.41. The molecule has 218 valence electrons. The molecule has 0 spiro atoms. The third-order valence-corrected chi connectivity index (χ3v) is 9.91. The summed E-state index contributed by atoms with van der Waals surface area (Å²) in [6.45, 7) is 3.08. The molecule has 4 rings (SSSR count). The standard InChI is InChI=1S/C31H35BrClN3O4S/c1-22-16-17-26(33)19-29(22)36(41(39,40)28-14-7-4-8-15-28)21-30(37)35(20-24-10-9-11-25(32)18-24)23(2)31(38)34-27-12-5-3-6-13-27/h4,7-11,14-19,23,27H,3,5-6,12-13,20-21H2,1-2H3,(H,34,38). The van der Waals surface area contributed by atoms with E-state index in [1.54, 1.807) is 50.2 Å². The second kappa shape index (κ2) is 13.9. The summed E-state index contributed by atoms with van der Waals surface area (Å²) in [5.41, 5.74) is 1.75. The first-order chi connectivity index (χ1) is 19.6. The van der Waals surface area contributed by atoms with E-state index in [-0.39, 0.29) is 23.4 Å². The van der Waals surface area contributed by atoms with Crippen LogP contribution < -0.4 is 9.62 Å². The third kappa shape index (κ3) is 7.90. The predicted octanol–water partition coefficient (Wildman–Crippen LogP) is 6.47. The summed E-state index contributed by atoms with van der Waals surface area (Å²) in [5.74, 6) is -0.758. The number of nitrogens with zero attached hydrogens (tertiary/aromatic N) is 2. The molecule has 0 bridgehead atoms. The number of carbonyl (C=O) groups excluding carboxylic acids is 2. The number of nitrogens with one attached hydrogen (secondary N) is 1. The number of hydrogen-bond acceptors (Lipinski definition) is 4. The molecule has 0 radical (unpaired) electrons. The molecule has 3 aromatic rings. The van der Waals surface area contributed by atoms with Gasteiger partial charge in [-0.05, 0) is 74.2 Å². The van der Waals surface area contributed by atoms with E-state index in [0.29, 0.717) is 16.3 Å². The number of halogens is 2.